The molecule has 0 fully saturated rings. The minimum Gasteiger partial charge on any atom is -0.312 e. The van der Waals surface area contributed by atoms with Gasteiger partial charge in [0.1, 0.15) is 0 Å². The van der Waals surface area contributed by atoms with Crippen molar-refractivity contribution in [1.29, 1.82) is 0 Å². The van der Waals surface area contributed by atoms with Gasteiger partial charge in [-0.1, -0.05) is 13.8 Å². The first-order valence-electron chi connectivity index (χ1n) is 2.40. The van der Waals surface area contributed by atoms with Crippen molar-refractivity contribution in [2.75, 3.05) is 6.61 Å². The summed E-state index contributed by atoms with van der Waals surface area (Å²) in [6.07, 6.45) is 0. The monoisotopic (exact) mass is 170 g/mol. The smallest absolute Gasteiger partial charge is 0.0639 e. The van der Waals surface area contributed by atoms with Gasteiger partial charge in [0.2, 0.25) is 0 Å². The lowest BCUT2D eigenvalue weighted by molar-refractivity contribution is 0.317. The van der Waals surface area contributed by atoms with E-state index < -0.39 is 8.29 Å². The highest BCUT2D eigenvalue weighted by Crippen LogP contribution is 1.91. The molecule has 0 aromatic carbocycles. The highest BCUT2D eigenvalue weighted by atomic mass is 33.1. The number of hydrogen-bond acceptors (Lipinski definition) is 3. The van der Waals surface area contributed by atoms with Gasteiger partial charge in [-0.15, -0.1) is 0 Å². The van der Waals surface area contributed by atoms with Crippen LogP contribution in [0.3, 0.4) is 0 Å². The molecule has 0 saturated heterocycles. The van der Waals surface area contributed by atoms with Crippen molar-refractivity contribution in [3.63, 3.8) is 0 Å². The zero-order valence-electron chi connectivity index (χ0n) is 4.96. The average molecular weight is 170 g/mol. The van der Waals surface area contributed by atoms with Crippen molar-refractivity contribution in [3.05, 3.63) is 0 Å². The van der Waals surface area contributed by atoms with Gasteiger partial charge in [0.15, 0.2) is 0 Å². The molecule has 0 heterocycles. The van der Waals surface area contributed by atoms with Crippen molar-refractivity contribution in [2.24, 2.45) is 5.92 Å². The average Bonchev–Trinajstić information content (AvgIpc) is 1.61. The summed E-state index contributed by atoms with van der Waals surface area (Å²) in [7, 11) is -0.966. The molecule has 1 nitrogen and oxygen atoms in total. The molecule has 0 bridgehead atoms. The third kappa shape index (κ3) is 6.75. The van der Waals surface area contributed by atoms with Crippen molar-refractivity contribution < 1.29 is 4.18 Å². The zero-order valence-corrected chi connectivity index (χ0v) is 7.48. The Balaban J connectivity index is 3.18. The van der Waals surface area contributed by atoms with Crippen molar-refractivity contribution in [2.45, 2.75) is 13.8 Å². The second-order valence-corrected chi connectivity index (χ2v) is 5.30. The van der Waals surface area contributed by atoms with E-state index in [4.69, 9.17) is 4.18 Å². The van der Waals surface area contributed by atoms with E-state index in [2.05, 4.69) is 36.2 Å². The van der Waals surface area contributed by atoms with Crippen molar-refractivity contribution >= 4 is 30.7 Å². The molecule has 0 N–H and O–H groups in total. The van der Waals surface area contributed by atoms with Crippen LogP contribution in [0.1, 0.15) is 13.8 Å². The van der Waals surface area contributed by atoms with E-state index in [1.165, 1.54) is 0 Å². The number of hydrogen-bond donors (Lipinski definition) is 1. The molecule has 0 aliphatic rings. The van der Waals surface area contributed by atoms with Gasteiger partial charge in [0.25, 0.3) is 0 Å². The van der Waals surface area contributed by atoms with Crippen LogP contribution in [0.4, 0.5) is 0 Å². The molecule has 0 aliphatic heterocycles. The molecule has 8 heavy (non-hydrogen) atoms. The highest BCUT2D eigenvalue weighted by Gasteiger charge is 1.89. The summed E-state index contributed by atoms with van der Waals surface area (Å²) in [6, 6.07) is 0. The molecule has 0 aromatic heterocycles. The first kappa shape index (κ1) is 8.75. The predicted molar refractivity (Wildman–Crippen MR) is 44.3 cm³/mol. The van der Waals surface area contributed by atoms with E-state index >= 15 is 0 Å². The number of thiol groups is 1. The standard InChI is InChI=1S/C4H10OS3/c1-4(2)3-5-8(6)7/h4,8H,3H2,1-2H3. The summed E-state index contributed by atoms with van der Waals surface area (Å²) in [6.45, 7) is 4.85. The van der Waals surface area contributed by atoms with Crippen LogP contribution in [0.2, 0.25) is 0 Å². The quantitative estimate of drug-likeness (QED) is 0.629. The SMILES string of the molecule is CC(C)CO[SH](=S)=S. The molecular weight excluding hydrogens is 160 g/mol. The van der Waals surface area contributed by atoms with E-state index in [0.717, 1.165) is 0 Å². The fourth-order valence-corrected chi connectivity index (χ4v) is 0.995. The van der Waals surface area contributed by atoms with E-state index in [-0.39, 0.29) is 0 Å². The molecule has 0 radical (unpaired) electrons. The van der Waals surface area contributed by atoms with Gasteiger partial charge in [-0.2, -0.15) is 0 Å². The third-order valence-corrected chi connectivity index (χ3v) is 1.51. The van der Waals surface area contributed by atoms with Gasteiger partial charge in [0, 0.05) is 8.29 Å². The van der Waals surface area contributed by atoms with Crippen molar-refractivity contribution in [3.8, 4) is 0 Å². The Bertz CT molecular complexity index is 108. The van der Waals surface area contributed by atoms with E-state index in [0.29, 0.717) is 12.5 Å². The topological polar surface area (TPSA) is 9.23 Å². The van der Waals surface area contributed by atoms with Gasteiger partial charge in [0.05, 0.1) is 6.61 Å². The lowest BCUT2D eigenvalue weighted by Crippen LogP contribution is -1.98. The Hall–Kier alpha value is 0.750. The van der Waals surface area contributed by atoms with E-state index in [1.54, 1.807) is 0 Å². The third-order valence-electron chi connectivity index (χ3n) is 0.513. The van der Waals surface area contributed by atoms with Crippen LogP contribution in [0.25, 0.3) is 0 Å². The fourth-order valence-electron chi connectivity index (χ4n) is 0.210. The minimum absolute atomic E-state index is 0.547. The number of rotatable bonds is 3. The molecule has 0 atom stereocenters. The van der Waals surface area contributed by atoms with Crippen LogP contribution < -0.4 is 0 Å². The van der Waals surface area contributed by atoms with Crippen LogP contribution in [-0.2, 0) is 34.9 Å². The lowest BCUT2D eigenvalue weighted by atomic mass is 10.2. The lowest BCUT2D eigenvalue weighted by Gasteiger charge is -1.99. The Labute approximate surface area is 61.5 Å². The summed E-state index contributed by atoms with van der Waals surface area (Å²) in [4.78, 5) is 0. The summed E-state index contributed by atoms with van der Waals surface area (Å²) in [5, 5.41) is 0. The first-order chi connectivity index (χ1) is 3.63. The van der Waals surface area contributed by atoms with Gasteiger partial charge in [-0.3, -0.25) is 0 Å². The molecule has 0 unspecified atom stereocenters. The highest BCUT2D eigenvalue weighted by molar-refractivity contribution is 8.44. The second-order valence-electron chi connectivity index (χ2n) is 1.91. The van der Waals surface area contributed by atoms with Crippen LogP contribution in [-0.4, -0.2) is 6.61 Å². The van der Waals surface area contributed by atoms with Crippen molar-refractivity contribution in [1.82, 2.24) is 0 Å². The van der Waals surface area contributed by atoms with Gasteiger partial charge < -0.3 is 4.18 Å². The van der Waals surface area contributed by atoms with Crippen LogP contribution in [0.15, 0.2) is 0 Å². The Morgan fingerprint density at radius 1 is 1.50 bits per heavy atom. The van der Waals surface area contributed by atoms with E-state index in [1.807, 2.05) is 0 Å². The summed E-state index contributed by atoms with van der Waals surface area (Å²) in [5.74, 6) is 0.547. The van der Waals surface area contributed by atoms with Gasteiger partial charge in [-0.05, 0) is 28.3 Å². The molecule has 0 aliphatic carbocycles. The van der Waals surface area contributed by atoms with E-state index in [9.17, 15) is 0 Å². The maximum absolute atomic E-state index is 5.00. The molecule has 0 rings (SSSR count). The normalized spacial score (nSPS) is 11.0. The molecule has 0 aromatic rings. The molecule has 0 saturated carbocycles. The summed E-state index contributed by atoms with van der Waals surface area (Å²) in [5.41, 5.74) is 0. The molecule has 0 spiro atoms. The van der Waals surface area contributed by atoms with Crippen LogP contribution in [0.5, 0.6) is 0 Å². The maximum atomic E-state index is 5.00. The Morgan fingerprint density at radius 3 is 2.12 bits per heavy atom. The molecular formula is C4H10OS3. The van der Waals surface area contributed by atoms with Gasteiger partial charge in [-0.25, -0.2) is 0 Å². The fraction of sp³-hybridized carbons (Fsp3) is 1.00. The molecule has 50 valence electrons. The second kappa shape index (κ2) is 4.61. The predicted octanol–water partition coefficient (Wildman–Crippen LogP) is 0.848. The molecule has 0 amide bonds. The molecule has 4 heteroatoms. The first-order valence-corrected chi connectivity index (χ1v) is 5.69. The Morgan fingerprint density at radius 2 is 2.00 bits per heavy atom. The maximum Gasteiger partial charge on any atom is 0.0639 e. The van der Waals surface area contributed by atoms with Gasteiger partial charge >= 0.3 is 0 Å². The Kier molecular flexibility index (Phi) is 5.04. The zero-order chi connectivity index (χ0) is 6.57. The minimum atomic E-state index is -0.966. The largest absolute Gasteiger partial charge is 0.312 e. The summed E-state index contributed by atoms with van der Waals surface area (Å²) < 4.78 is 5.00. The van der Waals surface area contributed by atoms with Crippen LogP contribution >= 0.6 is 0 Å². The summed E-state index contributed by atoms with van der Waals surface area (Å²) >= 11 is 9.31. The van der Waals surface area contributed by atoms with Crippen LogP contribution in [0, 0.1) is 5.92 Å².